The Morgan fingerprint density at radius 2 is 1.95 bits per heavy atom. The van der Waals surface area contributed by atoms with Gasteiger partial charge >= 0.3 is 5.97 Å². The van der Waals surface area contributed by atoms with Gasteiger partial charge in [0.2, 0.25) is 0 Å². The molecular formula is C33H27N3O4. The number of carbonyl (C=O) groups is 2. The summed E-state index contributed by atoms with van der Waals surface area (Å²) in [7, 11) is 0. The van der Waals surface area contributed by atoms with Crippen LogP contribution in [0.4, 0.5) is 5.69 Å². The van der Waals surface area contributed by atoms with Crippen molar-refractivity contribution in [1.29, 1.82) is 5.26 Å². The third-order valence-electron chi connectivity index (χ3n) is 6.84. The van der Waals surface area contributed by atoms with Gasteiger partial charge in [0.05, 0.1) is 35.3 Å². The number of nitrogens with one attached hydrogen (secondary N) is 1. The molecule has 1 unspecified atom stereocenters. The number of benzene rings is 3. The second-order valence-corrected chi connectivity index (χ2v) is 9.48. The fourth-order valence-electron chi connectivity index (χ4n) is 4.73. The van der Waals surface area contributed by atoms with Crippen LogP contribution in [0.15, 0.2) is 90.5 Å². The van der Waals surface area contributed by atoms with Gasteiger partial charge in [0.15, 0.2) is 0 Å². The normalized spacial score (nSPS) is 15.6. The molecule has 1 aliphatic carbocycles. The monoisotopic (exact) mass is 529 g/mol. The molecule has 0 spiro atoms. The molecule has 198 valence electrons. The van der Waals surface area contributed by atoms with Gasteiger partial charge in [0, 0.05) is 25.1 Å². The molecule has 2 aliphatic rings. The maximum absolute atomic E-state index is 12.8. The first-order valence-electron chi connectivity index (χ1n) is 13.0. The second-order valence-electron chi connectivity index (χ2n) is 9.48. The molecule has 0 radical (unpaired) electrons. The molecule has 7 heteroatoms. The van der Waals surface area contributed by atoms with Crippen molar-refractivity contribution in [1.82, 2.24) is 5.32 Å². The number of amides is 1. The number of allylic oxidation sites excluding steroid dienone is 2. The van der Waals surface area contributed by atoms with Crippen molar-refractivity contribution in [2.45, 2.75) is 18.9 Å². The number of rotatable bonds is 7. The van der Waals surface area contributed by atoms with Crippen LogP contribution >= 0.6 is 0 Å². The van der Waals surface area contributed by atoms with E-state index in [2.05, 4.69) is 34.2 Å². The van der Waals surface area contributed by atoms with Crippen LogP contribution in [-0.2, 0) is 6.54 Å². The van der Waals surface area contributed by atoms with E-state index < -0.39 is 5.97 Å². The minimum Gasteiger partial charge on any atom is -0.490 e. The molecule has 3 aromatic carbocycles. The summed E-state index contributed by atoms with van der Waals surface area (Å²) in [5.74, 6) is 5.53. The third-order valence-corrected chi connectivity index (χ3v) is 6.84. The van der Waals surface area contributed by atoms with Gasteiger partial charge in [0.25, 0.3) is 5.91 Å². The summed E-state index contributed by atoms with van der Waals surface area (Å²) in [6.45, 7) is 2.18. The van der Waals surface area contributed by atoms with E-state index in [0.717, 1.165) is 16.8 Å². The molecular weight excluding hydrogens is 502 g/mol. The van der Waals surface area contributed by atoms with Crippen molar-refractivity contribution in [3.8, 4) is 23.7 Å². The van der Waals surface area contributed by atoms with Gasteiger partial charge in [-0.2, -0.15) is 5.26 Å². The van der Waals surface area contributed by atoms with Crippen LogP contribution in [0.3, 0.4) is 0 Å². The lowest BCUT2D eigenvalue weighted by Crippen LogP contribution is -2.34. The van der Waals surface area contributed by atoms with E-state index in [9.17, 15) is 14.7 Å². The summed E-state index contributed by atoms with van der Waals surface area (Å²) in [4.78, 5) is 26.7. The smallest absolute Gasteiger partial charge is 0.336 e. The first-order valence-corrected chi connectivity index (χ1v) is 13.0. The zero-order chi connectivity index (χ0) is 27.9. The number of carboxylic acid groups (broad SMARTS) is 1. The van der Waals surface area contributed by atoms with Crippen LogP contribution in [0.1, 0.15) is 49.7 Å². The van der Waals surface area contributed by atoms with Crippen molar-refractivity contribution >= 4 is 17.6 Å². The van der Waals surface area contributed by atoms with Crippen molar-refractivity contribution in [3.05, 3.63) is 118 Å². The van der Waals surface area contributed by atoms with Gasteiger partial charge in [-0.25, -0.2) is 4.79 Å². The maximum Gasteiger partial charge on any atom is 0.336 e. The Morgan fingerprint density at radius 3 is 2.75 bits per heavy atom. The zero-order valence-corrected chi connectivity index (χ0v) is 21.8. The number of anilines is 1. The van der Waals surface area contributed by atoms with Crippen LogP contribution in [0, 0.1) is 23.2 Å². The minimum absolute atomic E-state index is 0.204. The summed E-state index contributed by atoms with van der Waals surface area (Å²) in [6, 6.07) is 21.6. The topological polar surface area (TPSA) is 103 Å². The Kier molecular flexibility index (Phi) is 7.94. The number of carboxylic acids is 1. The zero-order valence-electron chi connectivity index (χ0n) is 21.8. The molecule has 0 saturated heterocycles. The molecule has 40 heavy (non-hydrogen) atoms. The number of fused-ring (bicyclic) bond motifs is 1. The average molecular weight is 530 g/mol. The largest absolute Gasteiger partial charge is 0.490 e. The number of carbonyl (C=O) groups excluding carboxylic acids is 1. The fraction of sp³-hybridized carbons (Fsp3) is 0.182. The summed E-state index contributed by atoms with van der Waals surface area (Å²) >= 11 is 0. The lowest BCUT2D eigenvalue weighted by atomic mass is 9.92. The minimum atomic E-state index is -0.962. The van der Waals surface area contributed by atoms with Gasteiger partial charge in [-0.15, -0.1) is 0 Å². The molecule has 5 rings (SSSR count). The van der Waals surface area contributed by atoms with E-state index in [-0.39, 0.29) is 17.4 Å². The Balaban J connectivity index is 1.27. The van der Waals surface area contributed by atoms with Crippen LogP contribution in [0.25, 0.3) is 0 Å². The molecule has 0 saturated carbocycles. The fourth-order valence-corrected chi connectivity index (χ4v) is 4.73. The number of hydrogen-bond acceptors (Lipinski definition) is 5. The van der Waals surface area contributed by atoms with E-state index in [1.807, 2.05) is 42.5 Å². The molecule has 0 bridgehead atoms. The SMILES string of the molecule is N#Cc1ccc(CNC(=O)c2ccc3c(c2)OCCN3CC2=CCC#CC(c3ccccc3C(=O)O)C=C2)cc1. The van der Waals surface area contributed by atoms with Crippen molar-refractivity contribution < 1.29 is 19.4 Å². The molecule has 1 heterocycles. The third kappa shape index (κ3) is 6.06. The van der Waals surface area contributed by atoms with Crippen LogP contribution < -0.4 is 15.0 Å². The van der Waals surface area contributed by atoms with E-state index in [0.29, 0.717) is 55.1 Å². The van der Waals surface area contributed by atoms with Crippen LogP contribution in [-0.4, -0.2) is 36.7 Å². The lowest BCUT2D eigenvalue weighted by molar-refractivity contribution is 0.0695. The van der Waals surface area contributed by atoms with Crippen LogP contribution in [0.5, 0.6) is 5.75 Å². The molecule has 3 aromatic rings. The summed E-state index contributed by atoms with van der Waals surface area (Å²) in [5, 5.41) is 21.5. The molecule has 0 aromatic heterocycles. The molecule has 2 N–H and O–H groups in total. The Labute approximate surface area is 233 Å². The highest BCUT2D eigenvalue weighted by atomic mass is 16.5. The standard InChI is InChI=1S/C33H27N3O4/c34-20-23-9-11-24(12-10-23)21-35-32(37)27-15-16-30-31(19-27)40-18-17-36(30)22-25-5-1-2-6-26(14-13-25)28-7-3-4-8-29(28)33(38)39/h3-5,7-16,19,26H,1,17-18,21-22H2,(H,35,37)(H,38,39). The van der Waals surface area contributed by atoms with E-state index in [4.69, 9.17) is 10.00 Å². The second kappa shape index (κ2) is 12.1. The highest BCUT2D eigenvalue weighted by molar-refractivity contribution is 5.95. The number of nitrogens with zero attached hydrogens (tertiary/aromatic N) is 2. The van der Waals surface area contributed by atoms with Gasteiger partial charge in [0.1, 0.15) is 12.4 Å². The average Bonchev–Trinajstić information content (AvgIpc) is 2.97. The van der Waals surface area contributed by atoms with Crippen LogP contribution in [0.2, 0.25) is 0 Å². The lowest BCUT2D eigenvalue weighted by Gasteiger charge is -2.32. The highest BCUT2D eigenvalue weighted by Crippen LogP contribution is 2.33. The molecule has 1 amide bonds. The van der Waals surface area contributed by atoms with E-state index in [1.165, 1.54) is 0 Å². The molecule has 1 atom stereocenters. The number of ether oxygens (including phenoxy) is 1. The number of nitriles is 1. The molecule has 1 aliphatic heterocycles. The predicted octanol–water partition coefficient (Wildman–Crippen LogP) is 5.06. The number of hydrogen-bond donors (Lipinski definition) is 2. The van der Waals surface area contributed by atoms with Gasteiger partial charge in [-0.05, 0) is 53.1 Å². The predicted molar refractivity (Wildman–Crippen MR) is 152 cm³/mol. The molecule has 0 fully saturated rings. The number of aromatic carboxylic acids is 1. The quantitative estimate of drug-likeness (QED) is 0.415. The first-order chi connectivity index (χ1) is 19.5. The van der Waals surface area contributed by atoms with Crippen molar-refractivity contribution in [2.75, 3.05) is 24.6 Å². The summed E-state index contributed by atoms with van der Waals surface area (Å²) in [6.07, 6.45) is 6.64. The van der Waals surface area contributed by atoms with Crippen molar-refractivity contribution in [2.24, 2.45) is 0 Å². The van der Waals surface area contributed by atoms with Gasteiger partial charge in [-0.1, -0.05) is 60.4 Å². The van der Waals surface area contributed by atoms with Crippen molar-refractivity contribution in [3.63, 3.8) is 0 Å². The Morgan fingerprint density at radius 1 is 1.12 bits per heavy atom. The first kappa shape index (κ1) is 26.3. The summed E-state index contributed by atoms with van der Waals surface area (Å²) in [5.41, 5.74) is 4.92. The highest BCUT2D eigenvalue weighted by Gasteiger charge is 2.21. The van der Waals surface area contributed by atoms with E-state index >= 15 is 0 Å². The van der Waals surface area contributed by atoms with E-state index in [1.54, 1.807) is 36.4 Å². The Bertz CT molecular complexity index is 1600. The maximum atomic E-state index is 12.8. The Hall–Kier alpha value is -5.27. The van der Waals surface area contributed by atoms with Gasteiger partial charge in [-0.3, -0.25) is 4.79 Å². The summed E-state index contributed by atoms with van der Waals surface area (Å²) < 4.78 is 5.91. The van der Waals surface area contributed by atoms with Gasteiger partial charge < -0.3 is 20.1 Å². The molecule has 7 nitrogen and oxygen atoms in total.